The normalized spacial score (nSPS) is 16.0. The van der Waals surface area contributed by atoms with E-state index in [2.05, 4.69) is 10.00 Å². The molecular formula is C18H26N4O3S. The van der Waals surface area contributed by atoms with Crippen molar-refractivity contribution in [3.8, 4) is 5.75 Å². The van der Waals surface area contributed by atoms with Crippen LogP contribution >= 0.6 is 0 Å². The Morgan fingerprint density at radius 2 is 1.81 bits per heavy atom. The van der Waals surface area contributed by atoms with E-state index in [1.165, 1.54) is 6.20 Å². The maximum atomic E-state index is 13.0. The highest BCUT2D eigenvalue weighted by molar-refractivity contribution is 7.89. The molecule has 1 aromatic heterocycles. The molecule has 0 amide bonds. The van der Waals surface area contributed by atoms with Crippen LogP contribution in [-0.4, -0.2) is 55.3 Å². The average Bonchev–Trinajstić information content (AvgIpc) is 3.04. The Morgan fingerprint density at radius 1 is 1.12 bits per heavy atom. The summed E-state index contributed by atoms with van der Waals surface area (Å²) in [7, 11) is -3.52. The molecule has 142 valence electrons. The lowest BCUT2D eigenvalue weighted by atomic mass is 10.2. The quantitative estimate of drug-likeness (QED) is 0.770. The van der Waals surface area contributed by atoms with Gasteiger partial charge in [-0.2, -0.15) is 9.40 Å². The Hall–Kier alpha value is -2.06. The smallest absolute Gasteiger partial charge is 0.246 e. The highest BCUT2D eigenvalue weighted by atomic mass is 32.2. The number of aryl methyl sites for hydroxylation is 1. The van der Waals surface area contributed by atoms with Gasteiger partial charge in [-0.15, -0.1) is 0 Å². The van der Waals surface area contributed by atoms with Gasteiger partial charge >= 0.3 is 0 Å². The molecule has 1 aliphatic rings. The number of ether oxygens (including phenoxy) is 1. The van der Waals surface area contributed by atoms with E-state index in [9.17, 15) is 8.42 Å². The van der Waals surface area contributed by atoms with Crippen LogP contribution < -0.4 is 9.64 Å². The summed E-state index contributed by atoms with van der Waals surface area (Å²) in [6.07, 6.45) is 1.46. The molecule has 0 N–H and O–H groups in total. The largest absolute Gasteiger partial charge is 0.492 e. The van der Waals surface area contributed by atoms with Crippen LogP contribution in [0.4, 0.5) is 5.69 Å². The molecule has 0 saturated carbocycles. The number of para-hydroxylation sites is 2. The van der Waals surface area contributed by atoms with Gasteiger partial charge < -0.3 is 9.64 Å². The number of hydrogen-bond donors (Lipinski definition) is 0. The van der Waals surface area contributed by atoms with Gasteiger partial charge in [-0.05, 0) is 32.9 Å². The molecule has 7 nitrogen and oxygen atoms in total. The molecule has 0 bridgehead atoms. The van der Waals surface area contributed by atoms with Crippen LogP contribution in [0.2, 0.25) is 0 Å². The van der Waals surface area contributed by atoms with Gasteiger partial charge in [-0.3, -0.25) is 4.68 Å². The van der Waals surface area contributed by atoms with Crippen molar-refractivity contribution in [2.75, 3.05) is 37.7 Å². The molecular weight excluding hydrogens is 352 g/mol. The molecule has 26 heavy (non-hydrogen) atoms. The second kappa shape index (κ2) is 7.67. The van der Waals surface area contributed by atoms with Crippen LogP contribution in [0.15, 0.2) is 35.4 Å². The number of anilines is 1. The van der Waals surface area contributed by atoms with Crippen molar-refractivity contribution in [3.05, 3.63) is 36.2 Å². The van der Waals surface area contributed by atoms with Gasteiger partial charge in [-0.25, -0.2) is 8.42 Å². The van der Waals surface area contributed by atoms with Crippen LogP contribution in [0.5, 0.6) is 5.75 Å². The molecule has 3 rings (SSSR count). The van der Waals surface area contributed by atoms with Gasteiger partial charge in [-0.1, -0.05) is 12.1 Å². The third-order valence-electron chi connectivity index (χ3n) is 4.72. The van der Waals surface area contributed by atoms with Crippen LogP contribution in [-0.2, 0) is 16.6 Å². The molecule has 1 aromatic carbocycles. The van der Waals surface area contributed by atoms with Crippen molar-refractivity contribution in [1.82, 2.24) is 14.1 Å². The number of benzene rings is 1. The lowest BCUT2D eigenvalue weighted by Gasteiger charge is -2.35. The predicted molar refractivity (Wildman–Crippen MR) is 101 cm³/mol. The first kappa shape index (κ1) is 18.7. The first-order valence-corrected chi connectivity index (χ1v) is 10.4. The molecule has 1 aliphatic heterocycles. The fraction of sp³-hybridized carbons (Fsp3) is 0.500. The third-order valence-corrected chi connectivity index (χ3v) is 6.72. The molecule has 0 aliphatic carbocycles. The van der Waals surface area contributed by atoms with E-state index in [1.54, 1.807) is 15.9 Å². The van der Waals surface area contributed by atoms with Gasteiger partial charge in [0, 0.05) is 32.7 Å². The van der Waals surface area contributed by atoms with Gasteiger partial charge in [0.1, 0.15) is 10.6 Å². The SMILES string of the molecule is CCOc1ccccc1N1CCN(S(=O)(=O)c2cnn(CC)c2C)CC1. The van der Waals surface area contributed by atoms with Gasteiger partial charge in [0.25, 0.3) is 0 Å². The highest BCUT2D eigenvalue weighted by Crippen LogP contribution is 2.30. The molecule has 1 saturated heterocycles. The lowest BCUT2D eigenvalue weighted by Crippen LogP contribution is -2.48. The summed E-state index contributed by atoms with van der Waals surface area (Å²) in [5, 5.41) is 4.17. The molecule has 0 unspecified atom stereocenters. The Bertz CT molecular complexity index is 855. The van der Waals surface area contributed by atoms with E-state index in [4.69, 9.17) is 4.74 Å². The topological polar surface area (TPSA) is 67.7 Å². The predicted octanol–water partition coefficient (Wildman–Crippen LogP) is 2.12. The summed E-state index contributed by atoms with van der Waals surface area (Å²) in [5.41, 5.74) is 1.71. The summed E-state index contributed by atoms with van der Waals surface area (Å²) < 4.78 is 34.9. The maximum absolute atomic E-state index is 13.0. The fourth-order valence-corrected chi connectivity index (χ4v) is 4.89. The van der Waals surface area contributed by atoms with Crippen molar-refractivity contribution < 1.29 is 13.2 Å². The van der Waals surface area contributed by atoms with Crippen LogP contribution in [0.25, 0.3) is 0 Å². The standard InChI is InChI=1S/C18H26N4O3S/c1-4-22-15(3)18(14-19-22)26(23,24)21-12-10-20(11-13-21)16-8-6-7-9-17(16)25-5-2/h6-9,14H,4-5,10-13H2,1-3H3. The minimum Gasteiger partial charge on any atom is -0.492 e. The van der Waals surface area contributed by atoms with E-state index >= 15 is 0 Å². The summed E-state index contributed by atoms with van der Waals surface area (Å²) in [4.78, 5) is 2.49. The Kier molecular flexibility index (Phi) is 5.52. The second-order valence-electron chi connectivity index (χ2n) is 6.20. The van der Waals surface area contributed by atoms with E-state index in [-0.39, 0.29) is 0 Å². The summed E-state index contributed by atoms with van der Waals surface area (Å²) in [6.45, 7) is 9.12. The molecule has 1 fully saturated rings. The number of hydrogen-bond acceptors (Lipinski definition) is 5. The Balaban J connectivity index is 1.75. The van der Waals surface area contributed by atoms with Crippen molar-refractivity contribution in [1.29, 1.82) is 0 Å². The molecule has 0 radical (unpaired) electrons. The van der Waals surface area contributed by atoms with E-state index < -0.39 is 10.0 Å². The molecule has 2 aromatic rings. The maximum Gasteiger partial charge on any atom is 0.246 e. The van der Waals surface area contributed by atoms with E-state index in [0.717, 1.165) is 11.4 Å². The van der Waals surface area contributed by atoms with Crippen LogP contribution in [0.1, 0.15) is 19.5 Å². The summed E-state index contributed by atoms with van der Waals surface area (Å²) in [5.74, 6) is 0.839. The number of aromatic nitrogens is 2. The Morgan fingerprint density at radius 3 is 2.42 bits per heavy atom. The molecule has 0 spiro atoms. The first-order chi connectivity index (χ1) is 12.5. The van der Waals surface area contributed by atoms with Gasteiger partial charge in [0.05, 0.1) is 24.2 Å². The zero-order valence-electron chi connectivity index (χ0n) is 15.6. The molecule has 2 heterocycles. The van der Waals surface area contributed by atoms with Crippen molar-refractivity contribution in [2.45, 2.75) is 32.2 Å². The minimum absolute atomic E-state index is 0.308. The summed E-state index contributed by atoms with van der Waals surface area (Å²) >= 11 is 0. The van der Waals surface area contributed by atoms with Crippen LogP contribution in [0.3, 0.4) is 0 Å². The monoisotopic (exact) mass is 378 g/mol. The highest BCUT2D eigenvalue weighted by Gasteiger charge is 2.31. The number of sulfonamides is 1. The van der Waals surface area contributed by atoms with Crippen molar-refractivity contribution >= 4 is 15.7 Å². The van der Waals surface area contributed by atoms with Crippen molar-refractivity contribution in [2.24, 2.45) is 0 Å². The fourth-order valence-electron chi connectivity index (χ4n) is 3.31. The molecule has 0 atom stereocenters. The number of rotatable bonds is 6. The van der Waals surface area contributed by atoms with E-state index in [0.29, 0.717) is 49.9 Å². The zero-order chi connectivity index (χ0) is 18.7. The van der Waals surface area contributed by atoms with Crippen LogP contribution in [0, 0.1) is 6.92 Å². The van der Waals surface area contributed by atoms with Gasteiger partial charge in [0.2, 0.25) is 10.0 Å². The second-order valence-corrected chi connectivity index (χ2v) is 8.11. The average molecular weight is 378 g/mol. The number of nitrogens with zero attached hydrogens (tertiary/aromatic N) is 4. The van der Waals surface area contributed by atoms with E-state index in [1.807, 2.05) is 38.1 Å². The first-order valence-electron chi connectivity index (χ1n) is 8.98. The van der Waals surface area contributed by atoms with Crippen molar-refractivity contribution in [3.63, 3.8) is 0 Å². The third kappa shape index (κ3) is 3.43. The molecule has 8 heteroatoms. The number of piperazine rings is 1. The van der Waals surface area contributed by atoms with Gasteiger partial charge in [0.15, 0.2) is 0 Å². The lowest BCUT2D eigenvalue weighted by molar-refractivity contribution is 0.337. The minimum atomic E-state index is -3.52. The Labute approximate surface area is 155 Å². The summed E-state index contributed by atoms with van der Waals surface area (Å²) in [6, 6.07) is 7.89. The zero-order valence-corrected chi connectivity index (χ0v) is 16.4.